The fourth-order valence-corrected chi connectivity index (χ4v) is 2.79. The van der Waals surface area contributed by atoms with E-state index in [1.54, 1.807) is 11.3 Å². The predicted octanol–water partition coefficient (Wildman–Crippen LogP) is 3.64. The zero-order valence-corrected chi connectivity index (χ0v) is 12.6. The molecule has 0 saturated carbocycles. The normalized spacial score (nSPS) is 13.0. The molecule has 0 fully saturated rings. The monoisotopic (exact) mass is 287 g/mol. The number of hydrogen-bond acceptors (Lipinski definition) is 5. The van der Waals surface area contributed by atoms with Crippen molar-refractivity contribution in [1.29, 1.82) is 0 Å². The van der Waals surface area contributed by atoms with E-state index in [4.69, 9.17) is 0 Å². The van der Waals surface area contributed by atoms with Gasteiger partial charge in [0, 0.05) is 22.5 Å². The smallest absolute Gasteiger partial charge is 0.158 e. The van der Waals surface area contributed by atoms with Gasteiger partial charge in [-0.3, -0.25) is 4.98 Å². The second-order valence-corrected chi connectivity index (χ2v) is 6.01. The van der Waals surface area contributed by atoms with Crippen LogP contribution in [0.1, 0.15) is 37.7 Å². The van der Waals surface area contributed by atoms with E-state index in [9.17, 15) is 0 Å². The molecule has 104 valence electrons. The first-order chi connectivity index (χ1) is 9.65. The van der Waals surface area contributed by atoms with Gasteiger partial charge in [0.2, 0.25) is 0 Å². The van der Waals surface area contributed by atoms with Crippen molar-refractivity contribution in [2.45, 2.75) is 32.9 Å². The summed E-state index contributed by atoms with van der Waals surface area (Å²) < 4.78 is 1.94. The molecule has 0 amide bonds. The SMILES string of the molecule is CC(Nc1cnc2c(cnn2C(C)C)c1)c1cncs1. The van der Waals surface area contributed by atoms with Gasteiger partial charge < -0.3 is 5.32 Å². The summed E-state index contributed by atoms with van der Waals surface area (Å²) in [6.45, 7) is 6.33. The van der Waals surface area contributed by atoms with Crippen LogP contribution in [0, 0.1) is 0 Å². The van der Waals surface area contributed by atoms with Crippen molar-refractivity contribution in [1.82, 2.24) is 19.7 Å². The van der Waals surface area contributed by atoms with Gasteiger partial charge >= 0.3 is 0 Å². The number of rotatable bonds is 4. The molecule has 3 rings (SSSR count). The first-order valence-electron chi connectivity index (χ1n) is 6.63. The molecule has 1 unspecified atom stereocenters. The Morgan fingerprint density at radius 1 is 1.20 bits per heavy atom. The summed E-state index contributed by atoms with van der Waals surface area (Å²) in [5, 5.41) is 8.88. The average molecular weight is 287 g/mol. The van der Waals surface area contributed by atoms with E-state index >= 15 is 0 Å². The van der Waals surface area contributed by atoms with E-state index in [0.29, 0.717) is 6.04 Å². The van der Waals surface area contributed by atoms with Crippen LogP contribution in [0.5, 0.6) is 0 Å². The Bertz CT molecular complexity index is 702. The van der Waals surface area contributed by atoms with Crippen molar-refractivity contribution in [3.63, 3.8) is 0 Å². The minimum absolute atomic E-state index is 0.224. The lowest BCUT2D eigenvalue weighted by Crippen LogP contribution is -2.06. The molecule has 0 aromatic carbocycles. The van der Waals surface area contributed by atoms with E-state index in [-0.39, 0.29) is 6.04 Å². The number of anilines is 1. The molecule has 0 aliphatic heterocycles. The first kappa shape index (κ1) is 13.1. The number of aromatic nitrogens is 4. The predicted molar refractivity (Wildman–Crippen MR) is 82.1 cm³/mol. The number of hydrogen-bond donors (Lipinski definition) is 1. The molecule has 0 saturated heterocycles. The number of nitrogens with zero attached hydrogens (tertiary/aromatic N) is 4. The summed E-state index contributed by atoms with van der Waals surface area (Å²) in [6.07, 6.45) is 5.62. The van der Waals surface area contributed by atoms with Crippen molar-refractivity contribution in [3.05, 3.63) is 35.0 Å². The summed E-state index contributed by atoms with van der Waals surface area (Å²) in [4.78, 5) is 9.84. The lowest BCUT2D eigenvalue weighted by Gasteiger charge is -2.13. The van der Waals surface area contributed by atoms with Crippen molar-refractivity contribution < 1.29 is 0 Å². The van der Waals surface area contributed by atoms with Gasteiger partial charge in [-0.15, -0.1) is 11.3 Å². The van der Waals surface area contributed by atoms with Crippen LogP contribution in [-0.4, -0.2) is 19.7 Å². The molecular formula is C14H17N5S. The summed E-state index contributed by atoms with van der Waals surface area (Å²) >= 11 is 1.65. The number of nitrogens with one attached hydrogen (secondary N) is 1. The second-order valence-electron chi connectivity index (χ2n) is 5.09. The highest BCUT2D eigenvalue weighted by atomic mass is 32.1. The van der Waals surface area contributed by atoms with Gasteiger partial charge in [0.15, 0.2) is 5.65 Å². The van der Waals surface area contributed by atoms with Gasteiger partial charge in [-0.1, -0.05) is 0 Å². The first-order valence-corrected chi connectivity index (χ1v) is 7.51. The summed E-state index contributed by atoms with van der Waals surface area (Å²) in [5.41, 5.74) is 3.78. The minimum Gasteiger partial charge on any atom is -0.376 e. The van der Waals surface area contributed by atoms with Crippen molar-refractivity contribution in [3.8, 4) is 0 Å². The van der Waals surface area contributed by atoms with Crippen molar-refractivity contribution >= 4 is 28.1 Å². The maximum absolute atomic E-state index is 4.52. The summed E-state index contributed by atoms with van der Waals surface area (Å²) in [5.74, 6) is 0. The minimum atomic E-state index is 0.224. The molecule has 5 nitrogen and oxygen atoms in total. The molecule has 1 atom stereocenters. The number of thiazole rings is 1. The Balaban J connectivity index is 1.86. The van der Waals surface area contributed by atoms with Crippen molar-refractivity contribution in [2.24, 2.45) is 0 Å². The second kappa shape index (κ2) is 5.20. The molecule has 0 spiro atoms. The van der Waals surface area contributed by atoms with Crippen LogP contribution in [0.4, 0.5) is 5.69 Å². The average Bonchev–Trinajstić information content (AvgIpc) is 3.07. The third kappa shape index (κ3) is 2.38. The Kier molecular flexibility index (Phi) is 3.40. The quantitative estimate of drug-likeness (QED) is 0.796. The van der Waals surface area contributed by atoms with E-state index in [2.05, 4.69) is 47.2 Å². The standard InChI is InChI=1S/C14H17N5S/c1-9(2)19-14-11(5-17-19)4-12(6-16-14)18-10(3)13-7-15-8-20-13/h4-10,18H,1-3H3. The molecule has 20 heavy (non-hydrogen) atoms. The zero-order chi connectivity index (χ0) is 14.1. The van der Waals surface area contributed by atoms with Crippen LogP contribution in [0.25, 0.3) is 11.0 Å². The Morgan fingerprint density at radius 2 is 2.05 bits per heavy atom. The lowest BCUT2D eigenvalue weighted by molar-refractivity contribution is 0.546. The van der Waals surface area contributed by atoms with Gasteiger partial charge in [-0.2, -0.15) is 5.10 Å². The molecule has 1 N–H and O–H groups in total. The lowest BCUT2D eigenvalue weighted by atomic mass is 10.2. The highest BCUT2D eigenvalue weighted by Gasteiger charge is 2.10. The molecule has 0 radical (unpaired) electrons. The van der Waals surface area contributed by atoms with Crippen LogP contribution in [0.2, 0.25) is 0 Å². The summed E-state index contributed by atoms with van der Waals surface area (Å²) in [6, 6.07) is 2.63. The van der Waals surface area contributed by atoms with E-state index in [0.717, 1.165) is 16.7 Å². The van der Waals surface area contributed by atoms with Crippen LogP contribution in [0.3, 0.4) is 0 Å². The molecule has 0 aliphatic rings. The van der Waals surface area contributed by atoms with Gasteiger partial charge in [0.25, 0.3) is 0 Å². The zero-order valence-electron chi connectivity index (χ0n) is 11.7. The fourth-order valence-electron chi connectivity index (χ4n) is 2.16. The molecule has 3 aromatic rings. The number of pyridine rings is 1. The van der Waals surface area contributed by atoms with Crippen LogP contribution < -0.4 is 5.32 Å². The van der Waals surface area contributed by atoms with Crippen molar-refractivity contribution in [2.75, 3.05) is 5.32 Å². The fraction of sp³-hybridized carbons (Fsp3) is 0.357. The maximum atomic E-state index is 4.52. The van der Waals surface area contributed by atoms with Gasteiger partial charge in [0.1, 0.15) is 0 Å². The van der Waals surface area contributed by atoms with Crippen LogP contribution in [-0.2, 0) is 0 Å². The van der Waals surface area contributed by atoms with E-state index in [1.807, 2.05) is 28.8 Å². The Hall–Kier alpha value is -1.95. The highest BCUT2D eigenvalue weighted by molar-refractivity contribution is 7.09. The van der Waals surface area contributed by atoms with Gasteiger partial charge in [-0.05, 0) is 26.8 Å². The maximum Gasteiger partial charge on any atom is 0.158 e. The Labute approximate surface area is 121 Å². The molecular weight excluding hydrogens is 270 g/mol. The molecule has 6 heteroatoms. The molecule has 0 bridgehead atoms. The summed E-state index contributed by atoms with van der Waals surface area (Å²) in [7, 11) is 0. The largest absolute Gasteiger partial charge is 0.376 e. The number of fused-ring (bicyclic) bond motifs is 1. The van der Waals surface area contributed by atoms with Crippen LogP contribution >= 0.6 is 11.3 Å². The van der Waals surface area contributed by atoms with Crippen LogP contribution in [0.15, 0.2) is 30.2 Å². The molecule has 3 heterocycles. The Morgan fingerprint density at radius 3 is 2.75 bits per heavy atom. The van der Waals surface area contributed by atoms with Gasteiger partial charge in [0.05, 0.1) is 29.6 Å². The third-order valence-corrected chi connectivity index (χ3v) is 4.14. The molecule has 3 aromatic heterocycles. The van der Waals surface area contributed by atoms with E-state index < -0.39 is 0 Å². The molecule has 0 aliphatic carbocycles. The topological polar surface area (TPSA) is 55.6 Å². The van der Waals surface area contributed by atoms with Gasteiger partial charge in [-0.25, -0.2) is 9.67 Å². The van der Waals surface area contributed by atoms with E-state index in [1.165, 1.54) is 4.88 Å². The third-order valence-electron chi connectivity index (χ3n) is 3.18. The highest BCUT2D eigenvalue weighted by Crippen LogP contribution is 2.24.